The molecule has 152 valence electrons. The average molecular weight is 429 g/mol. The van der Waals surface area contributed by atoms with Crippen LogP contribution < -0.4 is 5.32 Å². The lowest BCUT2D eigenvalue weighted by Gasteiger charge is -2.12. The van der Waals surface area contributed by atoms with Crippen molar-refractivity contribution in [3.05, 3.63) is 43.5 Å². The second-order valence-corrected chi connectivity index (χ2v) is 9.40. The van der Waals surface area contributed by atoms with Crippen molar-refractivity contribution in [2.24, 2.45) is 0 Å². The van der Waals surface area contributed by atoms with E-state index in [-0.39, 0.29) is 11.5 Å². The molecule has 0 aliphatic heterocycles. The quantitative estimate of drug-likeness (QED) is 0.273. The van der Waals surface area contributed by atoms with Gasteiger partial charge in [0.1, 0.15) is 16.6 Å². The summed E-state index contributed by atoms with van der Waals surface area (Å²) in [4.78, 5) is 28.6. The number of nitrogens with one attached hydrogen (secondary N) is 1. The minimum absolute atomic E-state index is 0.0172. The first-order valence-electron chi connectivity index (χ1n) is 9.84. The summed E-state index contributed by atoms with van der Waals surface area (Å²) in [6, 6.07) is 5.80. The topological polar surface area (TPSA) is 79.2 Å². The summed E-state index contributed by atoms with van der Waals surface area (Å²) >= 11 is 2.95. The van der Waals surface area contributed by atoms with E-state index in [1.165, 1.54) is 22.7 Å². The summed E-state index contributed by atoms with van der Waals surface area (Å²) in [6.45, 7) is 4.38. The van der Waals surface area contributed by atoms with Crippen molar-refractivity contribution in [1.29, 1.82) is 5.26 Å². The molecule has 0 radical (unpaired) electrons. The number of rotatable bonds is 7. The molecule has 1 amide bonds. The van der Waals surface area contributed by atoms with Crippen molar-refractivity contribution in [2.75, 3.05) is 11.9 Å². The molecule has 5 nitrogen and oxygen atoms in total. The fraction of sp³-hybridized carbons (Fsp3) is 0.409. The van der Waals surface area contributed by atoms with Gasteiger partial charge in [0.25, 0.3) is 5.91 Å². The molecule has 2 heterocycles. The van der Waals surface area contributed by atoms with Gasteiger partial charge in [0.15, 0.2) is 0 Å². The van der Waals surface area contributed by atoms with Crippen LogP contribution in [-0.2, 0) is 22.4 Å². The number of ether oxygens (including phenoxy) is 1. The smallest absolute Gasteiger partial charge is 0.341 e. The highest BCUT2D eigenvalue weighted by Crippen LogP contribution is 2.39. The number of amides is 1. The lowest BCUT2D eigenvalue weighted by Crippen LogP contribution is -2.17. The van der Waals surface area contributed by atoms with E-state index in [1.54, 1.807) is 6.08 Å². The number of nitrogens with zero attached hydrogens (tertiary/aromatic N) is 1. The fourth-order valence-electron chi connectivity index (χ4n) is 3.24. The highest BCUT2D eigenvalue weighted by Gasteiger charge is 2.28. The average Bonchev–Trinajstić information content (AvgIpc) is 3.28. The zero-order valence-corrected chi connectivity index (χ0v) is 18.3. The van der Waals surface area contributed by atoms with Crippen LogP contribution in [0.25, 0.3) is 6.08 Å². The van der Waals surface area contributed by atoms with Gasteiger partial charge in [0.05, 0.1) is 12.2 Å². The third-order valence-corrected chi connectivity index (χ3v) is 6.90. The van der Waals surface area contributed by atoms with Gasteiger partial charge in [-0.25, -0.2) is 4.79 Å². The van der Waals surface area contributed by atoms with Gasteiger partial charge in [-0.15, -0.1) is 22.7 Å². The molecule has 2 aromatic rings. The van der Waals surface area contributed by atoms with Crippen LogP contribution in [-0.4, -0.2) is 18.5 Å². The van der Waals surface area contributed by atoms with Crippen LogP contribution in [0.15, 0.2) is 17.7 Å². The first-order valence-corrected chi connectivity index (χ1v) is 11.5. The molecule has 2 aromatic heterocycles. The second kappa shape index (κ2) is 9.86. The van der Waals surface area contributed by atoms with E-state index in [9.17, 15) is 14.9 Å². The van der Waals surface area contributed by atoms with E-state index in [4.69, 9.17) is 4.74 Å². The van der Waals surface area contributed by atoms with Crippen LogP contribution in [0.5, 0.6) is 0 Å². The van der Waals surface area contributed by atoms with E-state index in [0.717, 1.165) is 58.7 Å². The van der Waals surface area contributed by atoms with E-state index in [0.29, 0.717) is 17.2 Å². The Balaban J connectivity index is 1.86. The predicted octanol–water partition coefficient (Wildman–Crippen LogP) is 5.50. The van der Waals surface area contributed by atoms with Gasteiger partial charge < -0.3 is 10.1 Å². The first-order chi connectivity index (χ1) is 14.0. The summed E-state index contributed by atoms with van der Waals surface area (Å²) < 4.78 is 5.44. The van der Waals surface area contributed by atoms with Gasteiger partial charge in [-0.2, -0.15) is 5.26 Å². The number of nitriles is 1. The molecule has 0 saturated heterocycles. The number of fused-ring (bicyclic) bond motifs is 1. The zero-order valence-electron chi connectivity index (χ0n) is 16.7. The summed E-state index contributed by atoms with van der Waals surface area (Å²) in [5.41, 5.74) is 1.48. The van der Waals surface area contributed by atoms with Crippen molar-refractivity contribution in [3.63, 3.8) is 0 Å². The normalized spacial score (nSPS) is 13.5. The molecule has 0 spiro atoms. The molecule has 0 bridgehead atoms. The molecular formula is C22H24N2O3S2. The maximum Gasteiger partial charge on any atom is 0.341 e. The molecule has 0 aromatic carbocycles. The Hall–Kier alpha value is -2.43. The number of thiophene rings is 2. The molecule has 0 atom stereocenters. The number of anilines is 1. The number of carbonyl (C=O) groups is 2. The van der Waals surface area contributed by atoms with Crippen LogP contribution in [0.2, 0.25) is 0 Å². The van der Waals surface area contributed by atoms with E-state index >= 15 is 0 Å². The van der Waals surface area contributed by atoms with Crippen molar-refractivity contribution in [3.8, 4) is 6.07 Å². The van der Waals surface area contributed by atoms with Crippen LogP contribution >= 0.6 is 22.7 Å². The summed E-state index contributed by atoms with van der Waals surface area (Å²) in [7, 11) is 0. The molecule has 0 unspecified atom stereocenters. The molecule has 0 fully saturated rings. The SMILES string of the molecule is CCCCOC(=O)c1c(NC(=O)/C(C#N)=C/c2ccc(C)s2)sc2c1CCCC2. The standard InChI is InChI=1S/C22H24N2O3S2/c1-3-4-11-27-22(26)19-17-7-5-6-8-18(17)29-21(19)24-20(25)15(13-23)12-16-10-9-14(2)28-16/h9-10,12H,3-8,11H2,1-2H3,(H,24,25)/b15-12+. The Morgan fingerprint density at radius 1 is 1.28 bits per heavy atom. The number of aryl methyl sites for hydroxylation is 2. The summed E-state index contributed by atoms with van der Waals surface area (Å²) in [6.07, 6.45) is 7.15. The number of unbranched alkanes of at least 4 members (excludes halogenated alkanes) is 1. The minimum Gasteiger partial charge on any atom is -0.462 e. The van der Waals surface area contributed by atoms with Crippen LogP contribution in [0.4, 0.5) is 5.00 Å². The van der Waals surface area contributed by atoms with Gasteiger partial charge in [-0.3, -0.25) is 4.79 Å². The fourth-order valence-corrected chi connectivity index (χ4v) is 5.34. The van der Waals surface area contributed by atoms with E-state index in [1.807, 2.05) is 32.0 Å². The zero-order chi connectivity index (χ0) is 20.8. The Morgan fingerprint density at radius 3 is 2.76 bits per heavy atom. The van der Waals surface area contributed by atoms with E-state index < -0.39 is 5.91 Å². The predicted molar refractivity (Wildman–Crippen MR) is 117 cm³/mol. The third kappa shape index (κ3) is 5.14. The first kappa shape index (κ1) is 21.3. The van der Waals surface area contributed by atoms with Crippen LogP contribution in [0.3, 0.4) is 0 Å². The number of carbonyl (C=O) groups excluding carboxylic acids is 2. The molecule has 0 saturated carbocycles. The lowest BCUT2D eigenvalue weighted by atomic mass is 9.95. The Morgan fingerprint density at radius 2 is 2.07 bits per heavy atom. The Bertz CT molecular complexity index is 979. The largest absolute Gasteiger partial charge is 0.462 e. The summed E-state index contributed by atoms with van der Waals surface area (Å²) in [5, 5.41) is 12.8. The van der Waals surface area contributed by atoms with Gasteiger partial charge in [-0.05, 0) is 62.8 Å². The van der Waals surface area contributed by atoms with Gasteiger partial charge in [0, 0.05) is 14.6 Å². The molecule has 1 aliphatic carbocycles. The molecule has 7 heteroatoms. The van der Waals surface area contributed by atoms with Gasteiger partial charge in [-0.1, -0.05) is 13.3 Å². The van der Waals surface area contributed by atoms with Crippen molar-refractivity contribution < 1.29 is 14.3 Å². The molecular weight excluding hydrogens is 404 g/mol. The maximum absolute atomic E-state index is 12.8. The Kier molecular flexibility index (Phi) is 7.24. The van der Waals surface area contributed by atoms with Gasteiger partial charge >= 0.3 is 5.97 Å². The molecule has 29 heavy (non-hydrogen) atoms. The molecule has 1 aliphatic rings. The molecule has 1 N–H and O–H groups in total. The number of esters is 1. The lowest BCUT2D eigenvalue weighted by molar-refractivity contribution is -0.112. The highest BCUT2D eigenvalue weighted by molar-refractivity contribution is 7.17. The number of hydrogen-bond donors (Lipinski definition) is 1. The van der Waals surface area contributed by atoms with Crippen molar-refractivity contribution in [1.82, 2.24) is 0 Å². The Labute approximate surface area is 179 Å². The van der Waals surface area contributed by atoms with Crippen LogP contribution in [0.1, 0.15) is 63.2 Å². The third-order valence-electron chi connectivity index (χ3n) is 4.75. The van der Waals surface area contributed by atoms with Gasteiger partial charge in [0.2, 0.25) is 0 Å². The number of hydrogen-bond acceptors (Lipinski definition) is 6. The second-order valence-electron chi connectivity index (χ2n) is 6.98. The van der Waals surface area contributed by atoms with Crippen molar-refractivity contribution in [2.45, 2.75) is 52.4 Å². The highest BCUT2D eigenvalue weighted by atomic mass is 32.1. The molecule has 3 rings (SSSR count). The monoisotopic (exact) mass is 428 g/mol. The van der Waals surface area contributed by atoms with Crippen LogP contribution in [0, 0.1) is 18.3 Å². The van der Waals surface area contributed by atoms with E-state index in [2.05, 4.69) is 5.32 Å². The maximum atomic E-state index is 12.8. The summed E-state index contributed by atoms with van der Waals surface area (Å²) in [5.74, 6) is -0.885. The minimum atomic E-state index is -0.500. The van der Waals surface area contributed by atoms with Crippen molar-refractivity contribution >= 4 is 45.6 Å².